The molecule has 0 atom stereocenters. The second-order valence-corrected chi connectivity index (χ2v) is 5.33. The number of pyridine rings is 1. The van der Waals surface area contributed by atoms with Crippen molar-refractivity contribution in [3.63, 3.8) is 0 Å². The molecule has 0 aliphatic carbocycles. The number of ether oxygens (including phenoxy) is 1. The largest absolute Gasteiger partial charge is 0.465 e. The van der Waals surface area contributed by atoms with Crippen LogP contribution >= 0.6 is 0 Å². The number of carbonyl (C=O) groups is 2. The SMILES string of the molecule is CCOC(=O)CNC(=O)Cn1c(-c2cccnc2)nc2ccccc21. The first kappa shape index (κ1) is 16.6. The zero-order chi connectivity index (χ0) is 17.6. The molecule has 2 heterocycles. The van der Waals surface area contributed by atoms with Gasteiger partial charge in [0.05, 0.1) is 17.6 Å². The summed E-state index contributed by atoms with van der Waals surface area (Å²) < 4.78 is 6.62. The number of amides is 1. The van der Waals surface area contributed by atoms with Crippen LogP contribution in [0.5, 0.6) is 0 Å². The standard InChI is InChI=1S/C18H18N4O3/c1-2-25-17(24)11-20-16(23)12-22-15-8-4-3-7-14(15)21-18(22)13-6-5-9-19-10-13/h3-10H,2,11-12H2,1H3,(H,20,23). The lowest BCUT2D eigenvalue weighted by molar-refractivity contribution is -0.143. The summed E-state index contributed by atoms with van der Waals surface area (Å²) in [7, 11) is 0. The molecule has 128 valence electrons. The van der Waals surface area contributed by atoms with Crippen molar-refractivity contribution in [1.29, 1.82) is 0 Å². The number of rotatable bonds is 6. The number of imidazole rings is 1. The van der Waals surface area contributed by atoms with Crippen LogP contribution < -0.4 is 5.32 Å². The molecule has 0 unspecified atom stereocenters. The zero-order valence-corrected chi connectivity index (χ0v) is 13.8. The Balaban J connectivity index is 1.87. The lowest BCUT2D eigenvalue weighted by Crippen LogP contribution is -2.33. The highest BCUT2D eigenvalue weighted by Crippen LogP contribution is 2.23. The monoisotopic (exact) mass is 338 g/mol. The third kappa shape index (κ3) is 3.82. The average Bonchev–Trinajstić information content (AvgIpc) is 3.00. The summed E-state index contributed by atoms with van der Waals surface area (Å²) in [5, 5.41) is 2.57. The predicted octanol–water partition coefficient (Wildman–Crippen LogP) is 1.78. The van der Waals surface area contributed by atoms with Crippen molar-refractivity contribution in [2.24, 2.45) is 0 Å². The summed E-state index contributed by atoms with van der Waals surface area (Å²) >= 11 is 0. The van der Waals surface area contributed by atoms with Crippen LogP contribution in [0.4, 0.5) is 0 Å². The zero-order valence-electron chi connectivity index (χ0n) is 13.8. The molecule has 0 saturated heterocycles. The minimum atomic E-state index is -0.459. The van der Waals surface area contributed by atoms with Gasteiger partial charge in [0, 0.05) is 18.0 Å². The van der Waals surface area contributed by atoms with Crippen LogP contribution in [-0.2, 0) is 20.9 Å². The molecular formula is C18H18N4O3. The number of nitrogens with one attached hydrogen (secondary N) is 1. The first-order valence-corrected chi connectivity index (χ1v) is 7.97. The van der Waals surface area contributed by atoms with E-state index in [9.17, 15) is 9.59 Å². The third-order valence-electron chi connectivity index (χ3n) is 3.61. The van der Waals surface area contributed by atoms with E-state index in [4.69, 9.17) is 4.74 Å². The molecule has 0 spiro atoms. The summed E-state index contributed by atoms with van der Waals surface area (Å²) in [6.07, 6.45) is 3.39. The maximum absolute atomic E-state index is 12.3. The van der Waals surface area contributed by atoms with Crippen LogP contribution in [0.15, 0.2) is 48.8 Å². The molecule has 25 heavy (non-hydrogen) atoms. The molecule has 0 saturated carbocycles. The van der Waals surface area contributed by atoms with Gasteiger partial charge in [-0.1, -0.05) is 12.1 Å². The Morgan fingerprint density at radius 3 is 2.80 bits per heavy atom. The van der Waals surface area contributed by atoms with Crippen molar-refractivity contribution in [2.75, 3.05) is 13.2 Å². The molecule has 0 radical (unpaired) electrons. The van der Waals surface area contributed by atoms with Crippen molar-refractivity contribution in [3.05, 3.63) is 48.8 Å². The summed E-state index contributed by atoms with van der Waals surface area (Å²) in [6, 6.07) is 11.3. The summed E-state index contributed by atoms with van der Waals surface area (Å²) in [5.41, 5.74) is 2.45. The molecular weight excluding hydrogens is 320 g/mol. The number of benzene rings is 1. The molecule has 3 rings (SSSR count). The Morgan fingerprint density at radius 1 is 1.20 bits per heavy atom. The van der Waals surface area contributed by atoms with Crippen LogP contribution in [-0.4, -0.2) is 39.6 Å². The molecule has 2 aromatic heterocycles. The number of aromatic nitrogens is 3. The molecule has 1 aromatic carbocycles. The molecule has 1 N–H and O–H groups in total. The highest BCUT2D eigenvalue weighted by Gasteiger charge is 2.15. The van der Waals surface area contributed by atoms with Gasteiger partial charge in [-0.25, -0.2) is 4.98 Å². The van der Waals surface area contributed by atoms with Gasteiger partial charge < -0.3 is 14.6 Å². The van der Waals surface area contributed by atoms with E-state index in [0.717, 1.165) is 16.6 Å². The number of esters is 1. The Kier molecular flexibility index (Phi) is 5.03. The molecule has 1 amide bonds. The Bertz CT molecular complexity index is 890. The van der Waals surface area contributed by atoms with Gasteiger partial charge >= 0.3 is 5.97 Å². The Morgan fingerprint density at radius 2 is 2.04 bits per heavy atom. The van der Waals surface area contributed by atoms with Crippen LogP contribution in [0.25, 0.3) is 22.4 Å². The van der Waals surface area contributed by atoms with Crippen molar-refractivity contribution in [2.45, 2.75) is 13.5 Å². The van der Waals surface area contributed by atoms with Crippen LogP contribution in [0.2, 0.25) is 0 Å². The van der Waals surface area contributed by atoms with Gasteiger partial charge in [-0.2, -0.15) is 0 Å². The fraction of sp³-hybridized carbons (Fsp3) is 0.222. The summed E-state index contributed by atoms with van der Waals surface area (Å²) in [5.74, 6) is -0.0965. The number of hydrogen-bond donors (Lipinski definition) is 1. The van der Waals surface area contributed by atoms with Gasteiger partial charge in [-0.05, 0) is 31.2 Å². The number of para-hydroxylation sites is 2. The molecule has 0 aliphatic heterocycles. The fourth-order valence-corrected chi connectivity index (χ4v) is 2.53. The van der Waals surface area contributed by atoms with Gasteiger partial charge in [0.15, 0.2) is 0 Å². The summed E-state index contributed by atoms with van der Waals surface area (Å²) in [4.78, 5) is 32.4. The average molecular weight is 338 g/mol. The van der Waals surface area contributed by atoms with Crippen molar-refractivity contribution < 1.29 is 14.3 Å². The molecule has 0 fully saturated rings. The smallest absolute Gasteiger partial charge is 0.325 e. The molecule has 3 aromatic rings. The minimum absolute atomic E-state index is 0.0458. The van der Waals surface area contributed by atoms with Crippen molar-refractivity contribution >= 4 is 22.9 Å². The van der Waals surface area contributed by atoms with Crippen molar-refractivity contribution in [3.8, 4) is 11.4 Å². The maximum Gasteiger partial charge on any atom is 0.325 e. The van der Waals surface area contributed by atoms with Crippen LogP contribution in [0, 0.1) is 0 Å². The highest BCUT2D eigenvalue weighted by molar-refractivity contribution is 5.86. The molecule has 0 bridgehead atoms. The predicted molar refractivity (Wildman–Crippen MR) is 92.6 cm³/mol. The van der Waals surface area contributed by atoms with E-state index in [2.05, 4.69) is 15.3 Å². The molecule has 0 aliphatic rings. The number of hydrogen-bond acceptors (Lipinski definition) is 5. The summed E-state index contributed by atoms with van der Waals surface area (Å²) in [6.45, 7) is 1.90. The third-order valence-corrected chi connectivity index (χ3v) is 3.61. The van der Waals surface area contributed by atoms with Gasteiger partial charge in [-0.15, -0.1) is 0 Å². The first-order valence-electron chi connectivity index (χ1n) is 7.97. The van der Waals surface area contributed by atoms with Crippen LogP contribution in [0.1, 0.15) is 6.92 Å². The number of nitrogens with zero attached hydrogens (tertiary/aromatic N) is 3. The first-order chi connectivity index (χ1) is 12.2. The fourth-order valence-electron chi connectivity index (χ4n) is 2.53. The lowest BCUT2D eigenvalue weighted by Gasteiger charge is -2.10. The second-order valence-electron chi connectivity index (χ2n) is 5.33. The molecule has 7 heteroatoms. The highest BCUT2D eigenvalue weighted by atomic mass is 16.5. The number of carbonyl (C=O) groups excluding carboxylic acids is 2. The van der Waals surface area contributed by atoms with Crippen molar-refractivity contribution in [1.82, 2.24) is 19.9 Å². The lowest BCUT2D eigenvalue weighted by atomic mass is 10.2. The van der Waals surface area contributed by atoms with E-state index in [1.807, 2.05) is 41.0 Å². The molecule has 7 nitrogen and oxygen atoms in total. The van der Waals surface area contributed by atoms with E-state index >= 15 is 0 Å². The minimum Gasteiger partial charge on any atom is -0.465 e. The van der Waals surface area contributed by atoms with E-state index in [1.54, 1.807) is 19.3 Å². The van der Waals surface area contributed by atoms with Gasteiger partial charge in [0.2, 0.25) is 5.91 Å². The van der Waals surface area contributed by atoms with Gasteiger partial charge in [0.1, 0.15) is 18.9 Å². The van der Waals surface area contributed by atoms with E-state index in [-0.39, 0.29) is 25.6 Å². The quantitative estimate of drug-likeness (QED) is 0.692. The van der Waals surface area contributed by atoms with Crippen LogP contribution in [0.3, 0.4) is 0 Å². The number of fused-ring (bicyclic) bond motifs is 1. The topological polar surface area (TPSA) is 86.1 Å². The van der Waals surface area contributed by atoms with E-state index in [0.29, 0.717) is 5.82 Å². The normalized spacial score (nSPS) is 10.6. The Labute approximate surface area is 144 Å². The second kappa shape index (κ2) is 7.57. The van der Waals surface area contributed by atoms with E-state index < -0.39 is 5.97 Å². The van der Waals surface area contributed by atoms with Gasteiger partial charge in [0.25, 0.3) is 0 Å². The van der Waals surface area contributed by atoms with E-state index in [1.165, 1.54) is 0 Å². The van der Waals surface area contributed by atoms with Gasteiger partial charge in [-0.3, -0.25) is 14.6 Å². The Hall–Kier alpha value is -3.22. The maximum atomic E-state index is 12.3.